The van der Waals surface area contributed by atoms with Gasteiger partial charge in [0.05, 0.1) is 16.1 Å². The molecule has 2 aromatic heterocycles. The normalized spacial score (nSPS) is 19.8. The summed E-state index contributed by atoms with van der Waals surface area (Å²) in [6.07, 6.45) is 14.6. The van der Waals surface area contributed by atoms with Gasteiger partial charge in [0.1, 0.15) is 24.3 Å². The molecule has 7 aliphatic rings. The number of aromatic nitrogens is 2. The highest BCUT2D eigenvalue weighted by Gasteiger charge is 2.46. The molecule has 482 valence electrons. The molecular formula is C82H76N6O6S2. The van der Waals surface area contributed by atoms with Gasteiger partial charge in [0, 0.05) is 140 Å². The summed E-state index contributed by atoms with van der Waals surface area (Å²) in [5.41, 5.74) is 15.1. The van der Waals surface area contributed by atoms with Gasteiger partial charge in [-0.25, -0.2) is 0 Å². The maximum absolute atomic E-state index is 13.3. The number of aryl methyl sites for hydroxylation is 2. The number of para-hydroxylation sites is 6. The zero-order chi connectivity index (χ0) is 67.5. The zero-order valence-corrected chi connectivity index (χ0v) is 57.5. The van der Waals surface area contributed by atoms with E-state index in [1.54, 1.807) is 47.4 Å². The van der Waals surface area contributed by atoms with Crippen molar-refractivity contribution in [1.29, 1.82) is 0 Å². The van der Waals surface area contributed by atoms with Gasteiger partial charge in [0.25, 0.3) is 5.01 Å². The lowest BCUT2D eigenvalue weighted by atomic mass is 9.77. The molecule has 3 aliphatic carbocycles. The number of thiazole rings is 1. The first-order valence-electron chi connectivity index (χ1n) is 33.1. The highest BCUT2D eigenvalue weighted by atomic mass is 32.2. The number of Topliss-reactive ketones (excluding diaryl/α,β-unsaturated/α-hetero) is 3. The Morgan fingerprint density at radius 3 is 1.71 bits per heavy atom. The molecule has 14 heteroatoms. The number of carbonyl (C=O) groups excluding carboxylic acids is 3. The monoisotopic (exact) mass is 1300 g/mol. The van der Waals surface area contributed by atoms with Crippen molar-refractivity contribution in [2.45, 2.75) is 98.1 Å². The number of anilines is 3. The maximum atomic E-state index is 13.3. The first-order chi connectivity index (χ1) is 46.4. The third-order valence-electron chi connectivity index (χ3n) is 19.3. The summed E-state index contributed by atoms with van der Waals surface area (Å²) in [7, 11) is 0. The van der Waals surface area contributed by atoms with Crippen LogP contribution < -0.4 is 39.2 Å². The van der Waals surface area contributed by atoms with Crippen LogP contribution in [0.25, 0.3) is 39.3 Å². The Hall–Kier alpha value is -10.2. The summed E-state index contributed by atoms with van der Waals surface area (Å²) in [4.78, 5) is 46.7. The van der Waals surface area contributed by atoms with Gasteiger partial charge in [-0.3, -0.25) is 14.4 Å². The van der Waals surface area contributed by atoms with Gasteiger partial charge >= 0.3 is 0 Å². The third kappa shape index (κ3) is 10.9. The molecule has 6 heterocycles. The lowest BCUT2D eigenvalue weighted by Crippen LogP contribution is -2.37. The van der Waals surface area contributed by atoms with Gasteiger partial charge < -0.3 is 30.0 Å². The van der Waals surface area contributed by atoms with E-state index in [1.807, 2.05) is 109 Å². The topological polar surface area (TPSA) is 141 Å². The highest BCUT2D eigenvalue weighted by Crippen LogP contribution is 2.50. The molecule has 0 saturated carbocycles. The standard InChI is InChI=1S/C30H32N2O2.C28H24N2O2.C24H20N2O2S2/c1-7-31-23-15-11-9-13-21(23)29(3,4)25(31)17-19-27(33)20(28(19)34)18-26-30(5,6)22-14-10-12-16-24(22)32(26)8-2;1-3-29-21(15-13-19-9-5-7-11-25(19)29)17-23-27(31)24(28(23)32)18-22-16-14-20-10-6-8-12-26(20)30(22)4-2;1-3-25-17-9-5-7-11-19(17)29-21(25)13-15-23(27)16(24(15)28)14-22-26(4-2)18-10-6-8-12-20(18)30-22/h9-18H,7-8H2,1-6H3;5-18H,3-4H2,1-2H3;5-14H,3-4H2,1-2H3. The first-order valence-corrected chi connectivity index (χ1v) is 34.7. The van der Waals surface area contributed by atoms with Gasteiger partial charge in [-0.1, -0.05) is 151 Å². The number of ketones is 3. The van der Waals surface area contributed by atoms with Gasteiger partial charge in [0.2, 0.25) is 22.4 Å². The SMILES string of the molecule is CCN1/C(=C/C2=C([O-])C(=C\C3=[N+](CC)c4ccccc4C3(C)C)/C2=O)C(C)(C)c2ccccc21.CCN1/C(=C/C2=C([O-])C(=C\c3ccc4ccccc4[n+]3CC)/C2=O)C=Cc2ccccc21.CCN1/C(=C/C2=C([O-])C(=C\c3sc4ccccc4[n+]3CC)/C2=O)Sc2ccccc21. The molecular weight excluding hydrogens is 1230 g/mol. The number of rotatable bonds is 12. The molecule has 4 aliphatic heterocycles. The summed E-state index contributed by atoms with van der Waals surface area (Å²) < 4.78 is 7.63. The van der Waals surface area contributed by atoms with E-state index in [0.717, 1.165) is 126 Å². The predicted octanol–water partition coefficient (Wildman–Crippen LogP) is 13.3. The number of fused-ring (bicyclic) bond motifs is 6. The number of carbonyl (C=O) groups is 3. The minimum absolute atomic E-state index is 0.157. The van der Waals surface area contributed by atoms with E-state index >= 15 is 0 Å². The molecule has 96 heavy (non-hydrogen) atoms. The average Bonchev–Trinajstić information content (AvgIpc) is 1.42. The van der Waals surface area contributed by atoms with Crippen molar-refractivity contribution in [2.75, 3.05) is 40.9 Å². The van der Waals surface area contributed by atoms with Crippen LogP contribution in [0.5, 0.6) is 0 Å². The van der Waals surface area contributed by atoms with E-state index in [-0.39, 0.29) is 78.9 Å². The second-order valence-electron chi connectivity index (χ2n) is 25.3. The molecule has 0 spiro atoms. The fraction of sp³-hybridized carbons (Fsp3) is 0.220. The second kappa shape index (κ2) is 25.9. The minimum atomic E-state index is -0.275. The number of hydrogen-bond acceptors (Lipinski definition) is 11. The molecule has 0 fully saturated rings. The first kappa shape index (κ1) is 64.6. The summed E-state index contributed by atoms with van der Waals surface area (Å²) >= 11 is 3.21. The number of allylic oxidation sites excluding steroid dienone is 12. The minimum Gasteiger partial charge on any atom is -0.871 e. The fourth-order valence-electron chi connectivity index (χ4n) is 14.3. The molecule has 0 radical (unpaired) electrons. The lowest BCUT2D eigenvalue weighted by molar-refractivity contribution is -0.669. The van der Waals surface area contributed by atoms with Crippen molar-refractivity contribution in [3.8, 4) is 0 Å². The zero-order valence-electron chi connectivity index (χ0n) is 55.8. The Kier molecular flexibility index (Phi) is 17.4. The molecule has 0 amide bonds. The van der Waals surface area contributed by atoms with Crippen LogP contribution in [-0.4, -0.2) is 53.8 Å². The Bertz CT molecular complexity index is 5000. The molecule has 0 saturated heterocycles. The van der Waals surface area contributed by atoms with Crippen molar-refractivity contribution >= 4 is 108 Å². The molecule has 12 nitrogen and oxygen atoms in total. The van der Waals surface area contributed by atoms with Gasteiger partial charge in [-0.15, -0.1) is 0 Å². The van der Waals surface area contributed by atoms with Gasteiger partial charge in [-0.05, 0) is 133 Å². The molecule has 6 aromatic carbocycles. The quantitative estimate of drug-likeness (QED) is 0.0857. The summed E-state index contributed by atoms with van der Waals surface area (Å²) in [6.45, 7) is 25.7. The molecule has 0 N–H and O–H groups in total. The van der Waals surface area contributed by atoms with Crippen molar-refractivity contribution < 1.29 is 43.4 Å². The van der Waals surface area contributed by atoms with Crippen LogP contribution in [-0.2, 0) is 38.3 Å². The van der Waals surface area contributed by atoms with Crippen LogP contribution in [0, 0.1) is 0 Å². The van der Waals surface area contributed by atoms with Crippen LogP contribution in [0.15, 0.2) is 260 Å². The van der Waals surface area contributed by atoms with E-state index in [4.69, 9.17) is 0 Å². The fourth-order valence-corrected chi connectivity index (χ4v) is 16.6. The predicted molar refractivity (Wildman–Crippen MR) is 383 cm³/mol. The summed E-state index contributed by atoms with van der Waals surface area (Å²) in [5, 5.41) is 42.0. The van der Waals surface area contributed by atoms with E-state index in [1.165, 1.54) is 11.1 Å². The molecule has 8 aromatic rings. The molecule has 0 atom stereocenters. The number of benzene rings is 6. The third-order valence-corrected chi connectivity index (χ3v) is 21.6. The van der Waals surface area contributed by atoms with Gasteiger partial charge in [0.15, 0.2) is 23.1 Å². The lowest BCUT2D eigenvalue weighted by Gasteiger charge is -2.32. The van der Waals surface area contributed by atoms with Crippen molar-refractivity contribution in [3.63, 3.8) is 0 Å². The Morgan fingerprint density at radius 2 is 1.03 bits per heavy atom. The van der Waals surface area contributed by atoms with E-state index in [9.17, 15) is 29.7 Å². The Balaban J connectivity index is 0.000000130. The van der Waals surface area contributed by atoms with Crippen LogP contribution in [0.3, 0.4) is 0 Å². The second-order valence-corrected chi connectivity index (χ2v) is 27.4. The van der Waals surface area contributed by atoms with E-state index < -0.39 is 0 Å². The van der Waals surface area contributed by atoms with Crippen LogP contribution in [0.4, 0.5) is 22.7 Å². The van der Waals surface area contributed by atoms with Crippen LogP contribution in [0.2, 0.25) is 0 Å². The Labute approximate surface area is 569 Å². The van der Waals surface area contributed by atoms with Crippen molar-refractivity contribution in [2.24, 2.45) is 0 Å². The number of nitrogens with zero attached hydrogens (tertiary/aromatic N) is 6. The summed E-state index contributed by atoms with van der Waals surface area (Å²) in [5.74, 6) is -1.03. The largest absolute Gasteiger partial charge is 0.871 e. The van der Waals surface area contributed by atoms with E-state index in [2.05, 4.69) is 170 Å². The van der Waals surface area contributed by atoms with Gasteiger partial charge in [-0.2, -0.15) is 13.7 Å². The number of pyridine rings is 1. The number of hydrogen-bond donors (Lipinski definition) is 0. The van der Waals surface area contributed by atoms with Crippen molar-refractivity contribution in [3.05, 3.63) is 283 Å². The number of thioether (sulfide) groups is 1. The Morgan fingerprint density at radius 1 is 0.469 bits per heavy atom. The highest BCUT2D eigenvalue weighted by molar-refractivity contribution is 8.03. The molecule has 0 unspecified atom stereocenters. The molecule has 0 bridgehead atoms. The summed E-state index contributed by atoms with van der Waals surface area (Å²) in [6, 6.07) is 53.2. The van der Waals surface area contributed by atoms with Crippen LogP contribution in [0.1, 0.15) is 96.6 Å². The van der Waals surface area contributed by atoms with E-state index in [0.29, 0.717) is 0 Å². The molecule has 15 rings (SSSR count). The number of likely N-dealkylation sites (N-methyl/N-ethyl adjacent to an activating group) is 2. The smallest absolute Gasteiger partial charge is 0.263 e. The maximum Gasteiger partial charge on any atom is 0.263 e. The average molecular weight is 1310 g/mol. The van der Waals surface area contributed by atoms with Crippen molar-refractivity contribution in [1.82, 2.24) is 0 Å². The van der Waals surface area contributed by atoms with Crippen LogP contribution >= 0.6 is 23.1 Å².